The summed E-state index contributed by atoms with van der Waals surface area (Å²) in [4.78, 5) is 36.6. The van der Waals surface area contributed by atoms with Crippen LogP contribution in [0.2, 0.25) is 0 Å². The Morgan fingerprint density at radius 3 is 2.43 bits per heavy atom. The molecule has 49 heavy (non-hydrogen) atoms. The second-order valence-corrected chi connectivity index (χ2v) is 17.1. The van der Waals surface area contributed by atoms with Crippen LogP contribution >= 0.6 is 0 Å². The number of nitrogen functional groups attached to an aromatic ring is 1. The first-order valence-electron chi connectivity index (χ1n) is 16.5. The molecule has 13 heteroatoms. The second kappa shape index (κ2) is 14.7. The number of benzene rings is 2. The Morgan fingerprint density at radius 1 is 1.08 bits per heavy atom. The minimum Gasteiger partial charge on any atom is -0.491 e. The predicted molar refractivity (Wildman–Crippen MR) is 189 cm³/mol. The molecular weight excluding hydrogens is 646 g/mol. The Balaban J connectivity index is 1.71. The molecule has 2 aromatic carbocycles. The summed E-state index contributed by atoms with van der Waals surface area (Å²) in [7, 11) is -2.19. The normalized spacial score (nSPS) is 20.0. The van der Waals surface area contributed by atoms with Crippen LogP contribution in [0.1, 0.15) is 96.1 Å². The van der Waals surface area contributed by atoms with E-state index in [-0.39, 0.29) is 29.4 Å². The Labute approximate surface area is 289 Å². The van der Waals surface area contributed by atoms with Crippen LogP contribution in [0.25, 0.3) is 11.3 Å². The van der Waals surface area contributed by atoms with Crippen LogP contribution in [0.3, 0.4) is 0 Å². The molecule has 2 aliphatic rings. The summed E-state index contributed by atoms with van der Waals surface area (Å²) >= 11 is 0. The quantitative estimate of drug-likeness (QED) is 0.273. The molecule has 0 saturated heterocycles. The van der Waals surface area contributed by atoms with Crippen molar-refractivity contribution >= 4 is 33.3 Å². The first kappa shape index (κ1) is 37.6. The fourth-order valence-electron chi connectivity index (χ4n) is 5.88. The van der Waals surface area contributed by atoms with Gasteiger partial charge in [0, 0.05) is 18.2 Å². The first-order chi connectivity index (χ1) is 22.8. The van der Waals surface area contributed by atoms with Crippen molar-refractivity contribution in [2.45, 2.75) is 107 Å². The second-order valence-electron chi connectivity index (χ2n) is 14.5. The molecular formula is C36H49N5O7S. The van der Waals surface area contributed by atoms with Crippen LogP contribution in [0.4, 0.5) is 16.3 Å². The van der Waals surface area contributed by atoms with Crippen molar-refractivity contribution in [3.8, 4) is 17.0 Å². The van der Waals surface area contributed by atoms with Crippen molar-refractivity contribution in [3.05, 3.63) is 59.9 Å². The number of rotatable bonds is 2. The van der Waals surface area contributed by atoms with Gasteiger partial charge in [0.15, 0.2) is 21.3 Å². The number of sulfone groups is 1. The molecule has 3 aromatic rings. The first-order valence-corrected chi connectivity index (χ1v) is 18.0. The number of aromatic nitrogens is 2. The van der Waals surface area contributed by atoms with Gasteiger partial charge in [-0.25, -0.2) is 23.2 Å². The lowest BCUT2D eigenvalue weighted by atomic mass is 9.88. The predicted octanol–water partition coefficient (Wildman–Crippen LogP) is 6.38. The number of para-hydroxylation sites is 1. The van der Waals surface area contributed by atoms with Crippen molar-refractivity contribution in [3.63, 3.8) is 0 Å². The molecule has 1 aromatic heterocycles. The number of carbonyl (C=O) groups excluding carboxylic acids is 2. The summed E-state index contributed by atoms with van der Waals surface area (Å²) in [6.45, 7) is 10.8. The van der Waals surface area contributed by atoms with E-state index >= 15 is 0 Å². The summed E-state index contributed by atoms with van der Waals surface area (Å²) in [5, 5.41) is 14.1. The maximum absolute atomic E-state index is 13.7. The van der Waals surface area contributed by atoms with Gasteiger partial charge in [-0.05, 0) is 79.0 Å². The van der Waals surface area contributed by atoms with E-state index in [0.29, 0.717) is 54.1 Å². The fourth-order valence-corrected chi connectivity index (χ4v) is 7.52. The van der Waals surface area contributed by atoms with E-state index in [4.69, 9.17) is 15.2 Å². The number of hydrogen-bond acceptors (Lipinski definition) is 10. The maximum atomic E-state index is 13.7. The van der Waals surface area contributed by atoms with Gasteiger partial charge in [-0.2, -0.15) is 0 Å². The van der Waals surface area contributed by atoms with Crippen molar-refractivity contribution in [2.24, 2.45) is 0 Å². The molecule has 0 fully saturated rings. The molecule has 0 radical (unpaired) electrons. The number of hydrogen-bond donors (Lipinski definition) is 3. The van der Waals surface area contributed by atoms with E-state index in [1.54, 1.807) is 72.9 Å². The molecule has 3 heterocycles. The molecule has 0 spiro atoms. The molecule has 2 aliphatic heterocycles. The summed E-state index contributed by atoms with van der Waals surface area (Å²) < 4.78 is 37.9. The van der Waals surface area contributed by atoms with Crippen molar-refractivity contribution in [1.29, 1.82) is 0 Å². The maximum Gasteiger partial charge on any atom is 0.410 e. The highest BCUT2D eigenvalue weighted by Gasteiger charge is 2.41. The monoisotopic (exact) mass is 695 g/mol. The number of ether oxygens (including phenoxy) is 2. The minimum absolute atomic E-state index is 0.0619. The lowest BCUT2D eigenvalue weighted by molar-refractivity contribution is 0.0282. The number of nitrogens with one attached hydrogen (secondary N) is 1. The van der Waals surface area contributed by atoms with Crippen LogP contribution in [-0.4, -0.2) is 70.0 Å². The van der Waals surface area contributed by atoms with Crippen LogP contribution < -0.4 is 15.8 Å². The van der Waals surface area contributed by atoms with Crippen molar-refractivity contribution in [2.75, 3.05) is 24.7 Å². The van der Waals surface area contributed by atoms with Gasteiger partial charge in [0.05, 0.1) is 46.0 Å². The number of amides is 2. The Hall–Kier alpha value is -4.23. The highest BCUT2D eigenvalue weighted by molar-refractivity contribution is 7.92. The summed E-state index contributed by atoms with van der Waals surface area (Å²) in [5.41, 5.74) is 6.00. The van der Waals surface area contributed by atoms with Crippen molar-refractivity contribution in [1.82, 2.24) is 14.9 Å². The van der Waals surface area contributed by atoms with Crippen molar-refractivity contribution < 1.29 is 32.6 Å². The third kappa shape index (κ3) is 9.48. The molecule has 1 atom stereocenters. The number of nitrogens with zero attached hydrogens (tertiary/aromatic N) is 3. The van der Waals surface area contributed by atoms with Gasteiger partial charge in [-0.1, -0.05) is 43.5 Å². The topological polar surface area (TPSA) is 174 Å². The van der Waals surface area contributed by atoms with E-state index in [1.165, 1.54) is 23.2 Å². The van der Waals surface area contributed by atoms with Gasteiger partial charge >= 0.3 is 6.09 Å². The molecule has 0 aliphatic carbocycles. The molecule has 4 N–H and O–H groups in total. The number of nitrogens with two attached hydrogens (primary N) is 1. The van der Waals surface area contributed by atoms with Crippen LogP contribution in [-0.2, 0) is 21.1 Å². The van der Waals surface area contributed by atoms with Gasteiger partial charge < -0.3 is 30.5 Å². The zero-order valence-electron chi connectivity index (χ0n) is 29.5. The fraction of sp³-hybridized carbons (Fsp3) is 0.500. The molecule has 0 saturated carbocycles. The number of fused-ring (bicyclic) bond motifs is 13. The third-order valence-electron chi connectivity index (χ3n) is 8.32. The zero-order chi connectivity index (χ0) is 36.2. The summed E-state index contributed by atoms with van der Waals surface area (Å²) in [6.07, 6.45) is 4.40. The van der Waals surface area contributed by atoms with E-state index in [2.05, 4.69) is 15.3 Å². The largest absolute Gasteiger partial charge is 0.491 e. The van der Waals surface area contributed by atoms with E-state index in [0.717, 1.165) is 12.8 Å². The molecule has 0 unspecified atom stereocenters. The average Bonchev–Trinajstić information content (AvgIpc) is 3.00. The van der Waals surface area contributed by atoms with Crippen LogP contribution in [0.5, 0.6) is 5.75 Å². The third-order valence-corrected chi connectivity index (χ3v) is 10.8. The molecule has 12 nitrogen and oxygen atoms in total. The zero-order valence-corrected chi connectivity index (χ0v) is 30.3. The van der Waals surface area contributed by atoms with Gasteiger partial charge in [0.2, 0.25) is 0 Å². The average molecular weight is 696 g/mol. The molecule has 266 valence electrons. The number of aliphatic hydroxyl groups is 1. The lowest BCUT2D eigenvalue weighted by Gasteiger charge is -2.33. The van der Waals surface area contributed by atoms with Gasteiger partial charge in [0.1, 0.15) is 11.4 Å². The molecule has 2 amide bonds. The van der Waals surface area contributed by atoms with E-state index in [9.17, 15) is 23.1 Å². The summed E-state index contributed by atoms with van der Waals surface area (Å²) in [5.74, 6) is -0.311. The highest BCUT2D eigenvalue weighted by atomic mass is 32.2. The van der Waals surface area contributed by atoms with Gasteiger partial charge in [-0.3, -0.25) is 4.79 Å². The minimum atomic E-state index is -3.82. The highest BCUT2D eigenvalue weighted by Crippen LogP contribution is 2.36. The van der Waals surface area contributed by atoms with E-state index < -0.39 is 37.8 Å². The summed E-state index contributed by atoms with van der Waals surface area (Å²) in [6, 6.07) is 11.5. The smallest absolute Gasteiger partial charge is 0.410 e. The molecule has 5 rings (SSSR count). The SMILES string of the molecule is CN(Cc1cccc2c1OCCCCCC[C@](C)(O)CC(C)(C)S(=O)(=O)c1ccc(cc1)-c1cnc(N)c(n1)C(=O)N2)C(=O)OC(C)(C)C. The van der Waals surface area contributed by atoms with E-state index in [1.807, 2.05) is 6.07 Å². The number of carbonyl (C=O) groups is 2. The Morgan fingerprint density at radius 2 is 1.76 bits per heavy atom. The molecule has 4 bridgehead atoms. The lowest BCUT2D eigenvalue weighted by Crippen LogP contribution is -2.41. The van der Waals surface area contributed by atoms with Crippen LogP contribution in [0.15, 0.2) is 53.6 Å². The van der Waals surface area contributed by atoms with Gasteiger partial charge in [-0.15, -0.1) is 0 Å². The van der Waals surface area contributed by atoms with Gasteiger partial charge in [0.25, 0.3) is 5.91 Å². The Bertz CT molecular complexity index is 1770. The van der Waals surface area contributed by atoms with Crippen LogP contribution in [0, 0.1) is 0 Å². The number of anilines is 2. The standard InChI is InChI=1S/C36H49N5O7S/c1-34(2,3)48-33(43)41(7)22-25-13-12-14-27-30(25)47-20-11-9-8-10-19-36(6,44)23-35(4,5)49(45,46)26-17-15-24(16-18-26)28-21-38-31(37)29(39-28)32(42)40-27/h12-18,21,44H,8-11,19-20,22-23H2,1-7H3,(H2,37,38)(H,40,42)/t36-/m0/s1. The Kier molecular flexibility index (Phi) is 11.3.